The topological polar surface area (TPSA) is 63.8 Å². The molecule has 1 N–H and O–H groups in total. The molecule has 0 bridgehead atoms. The minimum atomic E-state index is 0.726. The maximum atomic E-state index is 4.69. The number of para-hydroxylation sites is 1. The van der Waals surface area contributed by atoms with Gasteiger partial charge in [-0.1, -0.05) is 29.4 Å². The molecule has 19 heavy (non-hydrogen) atoms. The van der Waals surface area contributed by atoms with Gasteiger partial charge in [-0.3, -0.25) is 4.98 Å². The maximum absolute atomic E-state index is 4.69. The van der Waals surface area contributed by atoms with Crippen molar-refractivity contribution >= 4 is 10.9 Å². The fraction of sp³-hybridized carbons (Fsp3) is 0.214. The Balaban J connectivity index is 1.62. The molecular formula is C14H14N4O. The number of nitrogens with zero attached hydrogens (tertiary/aromatic N) is 3. The Labute approximate surface area is 110 Å². The first-order valence-electron chi connectivity index (χ1n) is 6.22. The SMILES string of the molecule is c1cnc2c(CNCCc3ncon3)cccc2c1. The van der Waals surface area contributed by atoms with Gasteiger partial charge in [0, 0.05) is 31.1 Å². The summed E-state index contributed by atoms with van der Waals surface area (Å²) in [6.45, 7) is 1.59. The Bertz CT molecular complexity index is 646. The standard InChI is InChI=1S/C14H14N4O/c1-3-11-5-2-7-16-14(11)12(4-1)9-15-8-6-13-17-10-19-18-13/h1-5,7,10,15H,6,8-9H2. The van der Waals surface area contributed by atoms with E-state index < -0.39 is 0 Å². The second-order valence-electron chi connectivity index (χ2n) is 4.27. The van der Waals surface area contributed by atoms with Crippen LogP contribution in [0.4, 0.5) is 0 Å². The van der Waals surface area contributed by atoms with E-state index in [-0.39, 0.29) is 0 Å². The normalized spacial score (nSPS) is 10.9. The van der Waals surface area contributed by atoms with Gasteiger partial charge in [0.2, 0.25) is 6.39 Å². The van der Waals surface area contributed by atoms with Crippen LogP contribution < -0.4 is 5.32 Å². The zero-order valence-corrected chi connectivity index (χ0v) is 10.4. The number of pyridine rings is 1. The molecule has 0 saturated heterocycles. The van der Waals surface area contributed by atoms with Gasteiger partial charge in [-0.15, -0.1) is 0 Å². The average molecular weight is 254 g/mol. The Hall–Kier alpha value is -2.27. The van der Waals surface area contributed by atoms with Crippen molar-refractivity contribution in [3.63, 3.8) is 0 Å². The molecule has 0 radical (unpaired) electrons. The lowest BCUT2D eigenvalue weighted by Crippen LogP contribution is -2.17. The van der Waals surface area contributed by atoms with Crippen LogP contribution in [0.1, 0.15) is 11.4 Å². The molecule has 96 valence electrons. The number of benzene rings is 1. The zero-order valence-electron chi connectivity index (χ0n) is 10.4. The van der Waals surface area contributed by atoms with Crippen molar-refractivity contribution in [2.45, 2.75) is 13.0 Å². The third kappa shape index (κ3) is 2.77. The predicted octanol–water partition coefficient (Wildman–Crippen LogP) is 1.95. The molecule has 1 aromatic carbocycles. The summed E-state index contributed by atoms with van der Waals surface area (Å²) >= 11 is 0. The van der Waals surface area contributed by atoms with Crippen LogP contribution in [0.25, 0.3) is 10.9 Å². The highest BCUT2D eigenvalue weighted by atomic mass is 16.5. The quantitative estimate of drug-likeness (QED) is 0.705. The number of aromatic nitrogens is 3. The largest absolute Gasteiger partial charge is 0.343 e. The smallest absolute Gasteiger partial charge is 0.213 e. The summed E-state index contributed by atoms with van der Waals surface area (Å²) in [7, 11) is 0. The summed E-state index contributed by atoms with van der Waals surface area (Å²) in [5.41, 5.74) is 2.25. The highest BCUT2D eigenvalue weighted by molar-refractivity contribution is 5.81. The highest BCUT2D eigenvalue weighted by Gasteiger charge is 2.02. The maximum Gasteiger partial charge on any atom is 0.213 e. The lowest BCUT2D eigenvalue weighted by atomic mass is 10.1. The molecule has 2 aromatic heterocycles. The number of hydrogen-bond acceptors (Lipinski definition) is 5. The van der Waals surface area contributed by atoms with Gasteiger partial charge in [-0.05, 0) is 11.6 Å². The van der Waals surface area contributed by atoms with Crippen molar-refractivity contribution in [3.05, 3.63) is 54.3 Å². The van der Waals surface area contributed by atoms with E-state index in [0.717, 1.165) is 30.9 Å². The molecule has 3 rings (SSSR count). The minimum Gasteiger partial charge on any atom is -0.343 e. The Kier molecular flexibility index (Phi) is 3.47. The summed E-state index contributed by atoms with van der Waals surface area (Å²) in [5, 5.41) is 8.31. The fourth-order valence-electron chi connectivity index (χ4n) is 2.04. The van der Waals surface area contributed by atoms with Crippen molar-refractivity contribution in [3.8, 4) is 0 Å². The molecule has 0 aliphatic carbocycles. The Morgan fingerprint density at radius 1 is 1.11 bits per heavy atom. The number of nitrogens with one attached hydrogen (secondary N) is 1. The minimum absolute atomic E-state index is 0.726. The van der Waals surface area contributed by atoms with Crippen molar-refractivity contribution < 1.29 is 4.52 Å². The van der Waals surface area contributed by atoms with Crippen molar-refractivity contribution in [1.82, 2.24) is 20.4 Å². The summed E-state index contributed by atoms with van der Waals surface area (Å²) < 4.78 is 4.69. The van der Waals surface area contributed by atoms with Crippen LogP contribution in [0.2, 0.25) is 0 Å². The number of fused-ring (bicyclic) bond motifs is 1. The molecule has 2 heterocycles. The average Bonchev–Trinajstić information content (AvgIpc) is 2.97. The molecule has 0 aliphatic heterocycles. The van der Waals surface area contributed by atoms with E-state index in [1.807, 2.05) is 12.3 Å². The zero-order chi connectivity index (χ0) is 12.9. The van der Waals surface area contributed by atoms with Crippen LogP contribution in [0, 0.1) is 0 Å². The van der Waals surface area contributed by atoms with Crippen LogP contribution in [0.3, 0.4) is 0 Å². The van der Waals surface area contributed by atoms with E-state index in [2.05, 4.69) is 49.2 Å². The number of hydrogen-bond donors (Lipinski definition) is 1. The summed E-state index contributed by atoms with van der Waals surface area (Å²) in [4.78, 5) is 8.41. The van der Waals surface area contributed by atoms with Gasteiger partial charge in [-0.2, -0.15) is 4.98 Å². The van der Waals surface area contributed by atoms with E-state index in [0.29, 0.717) is 0 Å². The molecule has 5 nitrogen and oxygen atoms in total. The van der Waals surface area contributed by atoms with Crippen molar-refractivity contribution in [1.29, 1.82) is 0 Å². The van der Waals surface area contributed by atoms with Crippen LogP contribution in [-0.4, -0.2) is 21.7 Å². The van der Waals surface area contributed by atoms with Gasteiger partial charge in [0.15, 0.2) is 5.82 Å². The van der Waals surface area contributed by atoms with E-state index in [4.69, 9.17) is 0 Å². The molecule has 0 fully saturated rings. The predicted molar refractivity (Wildman–Crippen MR) is 71.5 cm³/mol. The van der Waals surface area contributed by atoms with Gasteiger partial charge in [0.1, 0.15) is 0 Å². The van der Waals surface area contributed by atoms with Crippen molar-refractivity contribution in [2.75, 3.05) is 6.54 Å². The molecular weight excluding hydrogens is 240 g/mol. The van der Waals surface area contributed by atoms with Crippen molar-refractivity contribution in [2.24, 2.45) is 0 Å². The van der Waals surface area contributed by atoms with Crippen LogP contribution in [-0.2, 0) is 13.0 Å². The van der Waals surface area contributed by atoms with E-state index in [9.17, 15) is 0 Å². The lowest BCUT2D eigenvalue weighted by Gasteiger charge is -2.06. The van der Waals surface area contributed by atoms with E-state index in [1.165, 1.54) is 17.3 Å². The molecule has 0 aliphatic rings. The fourth-order valence-corrected chi connectivity index (χ4v) is 2.04. The third-order valence-electron chi connectivity index (χ3n) is 2.96. The van der Waals surface area contributed by atoms with Crippen LogP contribution in [0.15, 0.2) is 47.4 Å². The van der Waals surface area contributed by atoms with E-state index in [1.54, 1.807) is 0 Å². The van der Waals surface area contributed by atoms with Gasteiger partial charge in [0.05, 0.1) is 5.52 Å². The summed E-state index contributed by atoms with van der Waals surface area (Å²) in [6, 6.07) is 10.3. The number of rotatable bonds is 5. The van der Waals surface area contributed by atoms with Gasteiger partial charge in [-0.25, -0.2) is 0 Å². The first-order valence-corrected chi connectivity index (χ1v) is 6.22. The molecule has 0 amide bonds. The monoisotopic (exact) mass is 254 g/mol. The second kappa shape index (κ2) is 5.58. The highest BCUT2D eigenvalue weighted by Crippen LogP contribution is 2.15. The Morgan fingerprint density at radius 2 is 2.05 bits per heavy atom. The van der Waals surface area contributed by atoms with Gasteiger partial charge < -0.3 is 9.84 Å². The first-order chi connectivity index (χ1) is 9.43. The van der Waals surface area contributed by atoms with Gasteiger partial charge >= 0.3 is 0 Å². The molecule has 0 atom stereocenters. The van der Waals surface area contributed by atoms with E-state index >= 15 is 0 Å². The third-order valence-corrected chi connectivity index (χ3v) is 2.96. The summed E-state index contributed by atoms with van der Waals surface area (Å²) in [5.74, 6) is 0.726. The first kappa shape index (κ1) is 11.8. The van der Waals surface area contributed by atoms with Crippen LogP contribution >= 0.6 is 0 Å². The Morgan fingerprint density at radius 3 is 2.95 bits per heavy atom. The molecule has 3 aromatic rings. The molecule has 0 saturated carbocycles. The summed E-state index contributed by atoms with van der Waals surface area (Å²) in [6.07, 6.45) is 3.93. The molecule has 0 unspecified atom stereocenters. The lowest BCUT2D eigenvalue weighted by molar-refractivity contribution is 0.409. The molecule has 5 heteroatoms. The van der Waals surface area contributed by atoms with Crippen LogP contribution in [0.5, 0.6) is 0 Å². The van der Waals surface area contributed by atoms with Gasteiger partial charge in [0.25, 0.3) is 0 Å². The second-order valence-corrected chi connectivity index (χ2v) is 4.27. The molecule has 0 spiro atoms.